The molecule has 1 aliphatic heterocycles. The van der Waals surface area contributed by atoms with Crippen molar-refractivity contribution >= 4 is 39.3 Å². The van der Waals surface area contributed by atoms with Crippen molar-refractivity contribution in [2.75, 3.05) is 12.4 Å². The van der Waals surface area contributed by atoms with Gasteiger partial charge in [0.1, 0.15) is 4.83 Å². The maximum Gasteiger partial charge on any atom is 0.316 e. The van der Waals surface area contributed by atoms with Crippen LogP contribution in [0.4, 0.5) is 0 Å². The van der Waals surface area contributed by atoms with Gasteiger partial charge in [-0.3, -0.25) is 14.2 Å². The standard InChI is InChI=1S/C19H26N2O4S2/c1-6-24-14(22)10-26-18-20-16-15(17(23)21(18)8-11(2)3)12-7-19(4,5)25-9-13(12)27-16/h11H,6-10H2,1-5H3. The molecule has 0 aliphatic carbocycles. The fourth-order valence-corrected chi connectivity index (χ4v) is 5.12. The predicted molar refractivity (Wildman–Crippen MR) is 109 cm³/mol. The number of fused-ring (bicyclic) bond motifs is 3. The summed E-state index contributed by atoms with van der Waals surface area (Å²) >= 11 is 2.79. The Bertz CT molecular complexity index is 915. The van der Waals surface area contributed by atoms with E-state index < -0.39 is 0 Å². The second kappa shape index (κ2) is 7.93. The van der Waals surface area contributed by atoms with Crippen LogP contribution in [-0.2, 0) is 33.8 Å². The van der Waals surface area contributed by atoms with E-state index >= 15 is 0 Å². The molecule has 2 aromatic rings. The molecule has 2 aromatic heterocycles. The second-order valence-electron chi connectivity index (χ2n) is 7.71. The van der Waals surface area contributed by atoms with Gasteiger partial charge in [0, 0.05) is 17.8 Å². The number of thiophene rings is 1. The van der Waals surface area contributed by atoms with Gasteiger partial charge in [-0.15, -0.1) is 11.3 Å². The first kappa shape index (κ1) is 20.4. The summed E-state index contributed by atoms with van der Waals surface area (Å²) in [5.74, 6) is 0.136. The zero-order chi connectivity index (χ0) is 19.8. The van der Waals surface area contributed by atoms with E-state index in [0.717, 1.165) is 15.3 Å². The third kappa shape index (κ3) is 4.38. The molecule has 1 aliphatic rings. The van der Waals surface area contributed by atoms with Gasteiger partial charge in [0.25, 0.3) is 5.56 Å². The van der Waals surface area contributed by atoms with Gasteiger partial charge in [0.05, 0.1) is 30.0 Å². The molecular weight excluding hydrogens is 384 g/mol. The number of nitrogens with zero attached hydrogens (tertiary/aromatic N) is 2. The van der Waals surface area contributed by atoms with Crippen molar-refractivity contribution in [3.63, 3.8) is 0 Å². The molecule has 0 N–H and O–H groups in total. The first-order chi connectivity index (χ1) is 12.7. The van der Waals surface area contributed by atoms with Crippen molar-refractivity contribution in [3.05, 3.63) is 20.8 Å². The Labute approximate surface area is 167 Å². The van der Waals surface area contributed by atoms with Crippen LogP contribution in [0.5, 0.6) is 0 Å². The molecule has 0 saturated carbocycles. The zero-order valence-corrected chi connectivity index (χ0v) is 18.1. The van der Waals surface area contributed by atoms with Crippen LogP contribution in [0.15, 0.2) is 9.95 Å². The number of thioether (sulfide) groups is 1. The molecule has 0 radical (unpaired) electrons. The summed E-state index contributed by atoms with van der Waals surface area (Å²) in [5.41, 5.74) is 0.770. The third-order valence-electron chi connectivity index (χ3n) is 4.33. The summed E-state index contributed by atoms with van der Waals surface area (Å²) in [6.45, 7) is 11.4. The minimum Gasteiger partial charge on any atom is -0.465 e. The molecule has 0 aromatic carbocycles. The van der Waals surface area contributed by atoms with Crippen molar-refractivity contribution in [3.8, 4) is 0 Å². The molecule has 0 amide bonds. The Morgan fingerprint density at radius 3 is 2.85 bits per heavy atom. The second-order valence-corrected chi connectivity index (χ2v) is 9.73. The van der Waals surface area contributed by atoms with E-state index in [2.05, 4.69) is 13.8 Å². The summed E-state index contributed by atoms with van der Waals surface area (Å²) in [6.07, 6.45) is 0.705. The van der Waals surface area contributed by atoms with E-state index in [-0.39, 0.29) is 28.8 Å². The van der Waals surface area contributed by atoms with Crippen LogP contribution in [0, 0.1) is 5.92 Å². The molecule has 8 heteroatoms. The number of hydrogen-bond acceptors (Lipinski definition) is 7. The first-order valence-electron chi connectivity index (χ1n) is 9.19. The highest BCUT2D eigenvalue weighted by molar-refractivity contribution is 7.99. The average molecular weight is 411 g/mol. The normalized spacial score (nSPS) is 15.9. The molecule has 148 valence electrons. The molecule has 3 heterocycles. The van der Waals surface area contributed by atoms with E-state index in [4.69, 9.17) is 14.5 Å². The average Bonchev–Trinajstić information content (AvgIpc) is 2.92. The Hall–Kier alpha value is -1.38. The van der Waals surface area contributed by atoms with Crippen LogP contribution in [0.3, 0.4) is 0 Å². The van der Waals surface area contributed by atoms with E-state index in [1.54, 1.807) is 11.5 Å². The lowest BCUT2D eigenvalue weighted by Crippen LogP contribution is -2.32. The van der Waals surface area contributed by atoms with Crippen LogP contribution in [0.1, 0.15) is 45.1 Å². The third-order valence-corrected chi connectivity index (χ3v) is 6.38. The quantitative estimate of drug-likeness (QED) is 0.412. The van der Waals surface area contributed by atoms with Gasteiger partial charge in [0.2, 0.25) is 0 Å². The summed E-state index contributed by atoms with van der Waals surface area (Å²) < 4.78 is 12.6. The van der Waals surface area contributed by atoms with Gasteiger partial charge in [-0.25, -0.2) is 4.98 Å². The SMILES string of the molecule is CCOC(=O)CSc1nc2sc3c(c2c(=O)n1CC(C)C)CC(C)(C)OC3. The molecule has 0 spiro atoms. The summed E-state index contributed by atoms with van der Waals surface area (Å²) in [6, 6.07) is 0. The van der Waals surface area contributed by atoms with E-state index in [1.165, 1.54) is 23.1 Å². The molecule has 3 rings (SSSR count). The van der Waals surface area contributed by atoms with Crippen LogP contribution in [0.25, 0.3) is 10.2 Å². The number of rotatable bonds is 6. The van der Waals surface area contributed by atoms with Crippen molar-refractivity contribution < 1.29 is 14.3 Å². The molecule has 27 heavy (non-hydrogen) atoms. The lowest BCUT2D eigenvalue weighted by Gasteiger charge is -2.30. The number of carbonyl (C=O) groups is 1. The molecule has 6 nitrogen and oxygen atoms in total. The van der Waals surface area contributed by atoms with Crippen molar-refractivity contribution in [1.82, 2.24) is 9.55 Å². The maximum atomic E-state index is 13.4. The van der Waals surface area contributed by atoms with E-state index in [0.29, 0.717) is 36.7 Å². The fraction of sp³-hybridized carbons (Fsp3) is 0.632. The molecule has 0 saturated heterocycles. The van der Waals surface area contributed by atoms with Gasteiger partial charge >= 0.3 is 5.97 Å². The van der Waals surface area contributed by atoms with E-state index in [9.17, 15) is 9.59 Å². The van der Waals surface area contributed by atoms with Gasteiger partial charge in [0.15, 0.2) is 5.16 Å². The lowest BCUT2D eigenvalue weighted by atomic mass is 9.94. The molecule has 0 fully saturated rings. The van der Waals surface area contributed by atoms with Crippen LogP contribution >= 0.6 is 23.1 Å². The molecule has 0 unspecified atom stereocenters. The topological polar surface area (TPSA) is 70.4 Å². The summed E-state index contributed by atoms with van der Waals surface area (Å²) in [5, 5.41) is 1.29. The van der Waals surface area contributed by atoms with Crippen molar-refractivity contribution in [1.29, 1.82) is 0 Å². The highest BCUT2D eigenvalue weighted by Gasteiger charge is 2.31. The first-order valence-corrected chi connectivity index (χ1v) is 11.0. The monoisotopic (exact) mass is 410 g/mol. The Kier molecular flexibility index (Phi) is 5.98. The smallest absolute Gasteiger partial charge is 0.316 e. The van der Waals surface area contributed by atoms with Crippen molar-refractivity contribution in [2.24, 2.45) is 5.92 Å². The molecule has 0 atom stereocenters. The van der Waals surface area contributed by atoms with E-state index in [1.807, 2.05) is 13.8 Å². The highest BCUT2D eigenvalue weighted by atomic mass is 32.2. The number of esters is 1. The van der Waals surface area contributed by atoms with Crippen LogP contribution in [0.2, 0.25) is 0 Å². The number of carbonyl (C=O) groups excluding carboxylic acids is 1. The maximum absolute atomic E-state index is 13.4. The number of ether oxygens (including phenoxy) is 2. The van der Waals surface area contributed by atoms with Gasteiger partial charge in [-0.2, -0.15) is 0 Å². The van der Waals surface area contributed by atoms with Gasteiger partial charge in [-0.1, -0.05) is 25.6 Å². The minimum atomic E-state index is -0.298. The van der Waals surface area contributed by atoms with Crippen LogP contribution < -0.4 is 5.56 Å². The van der Waals surface area contributed by atoms with Crippen molar-refractivity contribution in [2.45, 2.75) is 64.9 Å². The Morgan fingerprint density at radius 2 is 2.19 bits per heavy atom. The number of aromatic nitrogens is 2. The molecular formula is C19H26N2O4S2. The largest absolute Gasteiger partial charge is 0.465 e. The zero-order valence-electron chi connectivity index (χ0n) is 16.5. The summed E-state index contributed by atoms with van der Waals surface area (Å²) in [7, 11) is 0. The lowest BCUT2D eigenvalue weighted by molar-refractivity contribution is -0.139. The predicted octanol–water partition coefficient (Wildman–Crippen LogP) is 3.62. The summed E-state index contributed by atoms with van der Waals surface area (Å²) in [4.78, 5) is 31.7. The molecule has 0 bridgehead atoms. The van der Waals surface area contributed by atoms with Gasteiger partial charge < -0.3 is 9.47 Å². The minimum absolute atomic E-state index is 0.0183. The number of hydrogen-bond donors (Lipinski definition) is 0. The Morgan fingerprint density at radius 1 is 1.44 bits per heavy atom. The van der Waals surface area contributed by atoms with Crippen LogP contribution in [-0.4, -0.2) is 33.5 Å². The van der Waals surface area contributed by atoms with Gasteiger partial charge in [-0.05, 0) is 32.3 Å². The fourth-order valence-electron chi connectivity index (χ4n) is 3.17. The highest BCUT2D eigenvalue weighted by Crippen LogP contribution is 2.37. The Balaban J connectivity index is 2.08.